The zero-order valence-corrected chi connectivity index (χ0v) is 13.5. The van der Waals surface area contributed by atoms with Crippen LogP contribution in [0.4, 0.5) is 22.5 Å². The summed E-state index contributed by atoms with van der Waals surface area (Å²) in [6.07, 6.45) is 1.01. The van der Waals surface area contributed by atoms with Crippen LogP contribution in [0.15, 0.2) is 59.0 Å². The SMILES string of the molecule is Fc1ccc(C=NNc2nc(-c3ccccc3)cs2)c([B-](F)(F)F)c1. The lowest BCUT2D eigenvalue weighted by Crippen LogP contribution is -2.37. The van der Waals surface area contributed by atoms with Crippen LogP contribution in [-0.4, -0.2) is 18.2 Å². The third-order valence-corrected chi connectivity index (χ3v) is 4.09. The molecule has 0 saturated heterocycles. The Morgan fingerprint density at radius 2 is 1.84 bits per heavy atom. The number of halogens is 4. The molecule has 1 aromatic heterocycles. The predicted molar refractivity (Wildman–Crippen MR) is 93.9 cm³/mol. The monoisotopic (exact) mass is 364 g/mol. The third-order valence-electron chi connectivity index (χ3n) is 3.34. The molecule has 0 amide bonds. The molecule has 0 aliphatic carbocycles. The number of hydrogen-bond donors (Lipinski definition) is 1. The molecule has 9 heteroatoms. The lowest BCUT2D eigenvalue weighted by molar-refractivity contribution is 0.500. The topological polar surface area (TPSA) is 37.3 Å². The van der Waals surface area contributed by atoms with Gasteiger partial charge in [0.05, 0.1) is 11.9 Å². The number of hydrazone groups is 1. The Kier molecular flexibility index (Phi) is 4.85. The molecule has 3 nitrogen and oxygen atoms in total. The minimum atomic E-state index is -5.33. The van der Waals surface area contributed by atoms with E-state index in [-0.39, 0.29) is 5.56 Å². The maximum absolute atomic E-state index is 13.1. The van der Waals surface area contributed by atoms with E-state index in [9.17, 15) is 17.3 Å². The van der Waals surface area contributed by atoms with E-state index in [0.717, 1.165) is 29.6 Å². The highest BCUT2D eigenvalue weighted by Gasteiger charge is 2.28. The summed E-state index contributed by atoms with van der Waals surface area (Å²) in [5.74, 6) is -0.938. The predicted octanol–water partition coefficient (Wildman–Crippen LogP) is 4.45. The second-order valence-electron chi connectivity index (χ2n) is 5.12. The van der Waals surface area contributed by atoms with Crippen LogP contribution in [0.25, 0.3) is 11.3 Å². The molecule has 0 radical (unpaired) electrons. The normalized spacial score (nSPS) is 11.8. The molecule has 0 fully saturated rings. The zero-order chi connectivity index (χ0) is 17.9. The molecule has 0 spiro atoms. The van der Waals surface area contributed by atoms with Gasteiger partial charge in [-0.3, -0.25) is 5.43 Å². The van der Waals surface area contributed by atoms with Crippen LogP contribution in [-0.2, 0) is 0 Å². The van der Waals surface area contributed by atoms with Crippen LogP contribution in [0.1, 0.15) is 5.56 Å². The van der Waals surface area contributed by atoms with Gasteiger partial charge in [0.1, 0.15) is 5.82 Å². The largest absolute Gasteiger partial charge is 0.510 e. The molecule has 128 valence electrons. The van der Waals surface area contributed by atoms with E-state index < -0.39 is 18.3 Å². The van der Waals surface area contributed by atoms with Gasteiger partial charge in [-0.15, -0.1) is 11.3 Å². The average Bonchev–Trinajstić information content (AvgIpc) is 3.05. The molecule has 3 aromatic rings. The first-order valence-electron chi connectivity index (χ1n) is 7.23. The second-order valence-corrected chi connectivity index (χ2v) is 5.98. The first-order valence-corrected chi connectivity index (χ1v) is 8.11. The molecule has 1 N–H and O–H groups in total. The molecule has 0 aliphatic rings. The molecule has 2 aromatic carbocycles. The highest BCUT2D eigenvalue weighted by molar-refractivity contribution is 7.14. The molecule has 3 rings (SSSR count). The summed E-state index contributed by atoms with van der Waals surface area (Å²) in [5, 5.41) is 6.04. The summed E-state index contributed by atoms with van der Waals surface area (Å²) in [7, 11) is 0. The number of nitrogens with one attached hydrogen (secondary N) is 1. The third kappa shape index (κ3) is 4.24. The Bertz CT molecular complexity index is 894. The summed E-state index contributed by atoms with van der Waals surface area (Å²) in [5.41, 5.74) is 3.04. The van der Waals surface area contributed by atoms with E-state index >= 15 is 0 Å². The van der Waals surface area contributed by atoms with Gasteiger partial charge in [0.25, 0.3) is 0 Å². The summed E-state index contributed by atoms with van der Waals surface area (Å²) < 4.78 is 52.0. The maximum atomic E-state index is 13.1. The fourth-order valence-electron chi connectivity index (χ4n) is 2.17. The Hall–Kier alpha value is -2.68. The molecule has 0 bridgehead atoms. The minimum Gasteiger partial charge on any atom is -0.445 e. The number of aromatic nitrogens is 1. The molecule has 0 unspecified atom stereocenters. The lowest BCUT2D eigenvalue weighted by atomic mass is 9.77. The smallest absolute Gasteiger partial charge is 0.445 e. The van der Waals surface area contributed by atoms with E-state index in [2.05, 4.69) is 15.5 Å². The van der Waals surface area contributed by atoms with Crippen molar-refractivity contribution >= 4 is 35.1 Å². The number of hydrogen-bond acceptors (Lipinski definition) is 4. The van der Waals surface area contributed by atoms with Gasteiger partial charge in [0, 0.05) is 10.9 Å². The van der Waals surface area contributed by atoms with Crippen LogP contribution in [0.2, 0.25) is 0 Å². The van der Waals surface area contributed by atoms with Crippen molar-refractivity contribution in [2.45, 2.75) is 0 Å². The fraction of sp³-hybridized carbons (Fsp3) is 0. The first kappa shape index (κ1) is 17.2. The molecule has 0 saturated carbocycles. The molecule has 1 heterocycles. The Labute approximate surface area is 145 Å². The van der Waals surface area contributed by atoms with Crippen molar-refractivity contribution in [3.05, 3.63) is 65.3 Å². The van der Waals surface area contributed by atoms with Crippen molar-refractivity contribution in [1.29, 1.82) is 0 Å². The standard InChI is InChI=1S/C16H11BF4N3S/c18-13-7-6-12(14(8-13)17(19,20)21)9-22-24-16-23-15(10-25-16)11-4-2-1-3-5-11/h1-10H,(H,23,24)/q-1. The number of nitrogens with zero attached hydrogens (tertiary/aromatic N) is 2. The van der Waals surface area contributed by atoms with E-state index in [0.29, 0.717) is 11.2 Å². The summed E-state index contributed by atoms with van der Waals surface area (Å²) in [4.78, 5) is 4.31. The molecule has 0 aliphatic heterocycles. The molecular formula is C16H11BF4N3S-. The van der Waals surface area contributed by atoms with Gasteiger partial charge in [-0.25, -0.2) is 9.37 Å². The number of rotatable bonds is 5. The van der Waals surface area contributed by atoms with E-state index in [1.807, 2.05) is 35.7 Å². The number of anilines is 1. The van der Waals surface area contributed by atoms with Gasteiger partial charge < -0.3 is 12.9 Å². The van der Waals surface area contributed by atoms with E-state index in [1.54, 1.807) is 0 Å². The van der Waals surface area contributed by atoms with Crippen LogP contribution < -0.4 is 10.9 Å². The van der Waals surface area contributed by atoms with E-state index in [4.69, 9.17) is 0 Å². The van der Waals surface area contributed by atoms with Crippen molar-refractivity contribution in [2.75, 3.05) is 5.43 Å². The zero-order valence-electron chi connectivity index (χ0n) is 12.7. The van der Waals surface area contributed by atoms with Gasteiger partial charge in [0.15, 0.2) is 0 Å². The van der Waals surface area contributed by atoms with Crippen molar-refractivity contribution in [3.63, 3.8) is 0 Å². The summed E-state index contributed by atoms with van der Waals surface area (Å²) >= 11 is 1.28. The van der Waals surface area contributed by atoms with Crippen LogP contribution in [0.5, 0.6) is 0 Å². The summed E-state index contributed by atoms with van der Waals surface area (Å²) in [6, 6.07) is 11.9. The highest BCUT2D eigenvalue weighted by atomic mass is 32.1. The van der Waals surface area contributed by atoms with Crippen molar-refractivity contribution < 1.29 is 17.3 Å². The van der Waals surface area contributed by atoms with E-state index in [1.165, 1.54) is 11.3 Å². The van der Waals surface area contributed by atoms with Crippen LogP contribution in [0, 0.1) is 5.82 Å². The molecular weight excluding hydrogens is 353 g/mol. The van der Waals surface area contributed by atoms with Crippen LogP contribution >= 0.6 is 11.3 Å². The van der Waals surface area contributed by atoms with Crippen molar-refractivity contribution in [3.8, 4) is 11.3 Å². The quantitative estimate of drug-likeness (QED) is 0.314. The Morgan fingerprint density at radius 3 is 2.56 bits per heavy atom. The van der Waals surface area contributed by atoms with Crippen LogP contribution in [0.3, 0.4) is 0 Å². The fourth-order valence-corrected chi connectivity index (χ4v) is 2.84. The molecule has 25 heavy (non-hydrogen) atoms. The Balaban J connectivity index is 1.76. The van der Waals surface area contributed by atoms with Gasteiger partial charge in [-0.2, -0.15) is 5.10 Å². The number of thiazole rings is 1. The van der Waals surface area contributed by atoms with Gasteiger partial charge >= 0.3 is 6.98 Å². The lowest BCUT2D eigenvalue weighted by Gasteiger charge is -2.17. The molecule has 0 atom stereocenters. The highest BCUT2D eigenvalue weighted by Crippen LogP contribution is 2.24. The Morgan fingerprint density at radius 1 is 1.08 bits per heavy atom. The first-order chi connectivity index (χ1) is 11.9. The van der Waals surface area contributed by atoms with Gasteiger partial charge in [0.2, 0.25) is 5.13 Å². The van der Waals surface area contributed by atoms with Gasteiger partial charge in [-0.1, -0.05) is 47.9 Å². The summed E-state index contributed by atoms with van der Waals surface area (Å²) in [6.45, 7) is -5.33. The average molecular weight is 364 g/mol. The second kappa shape index (κ2) is 7.06. The minimum absolute atomic E-state index is 0.207. The van der Waals surface area contributed by atoms with Crippen molar-refractivity contribution in [1.82, 2.24) is 4.98 Å². The number of benzene rings is 2. The maximum Gasteiger partial charge on any atom is 0.510 e. The van der Waals surface area contributed by atoms with Gasteiger partial charge in [-0.05, 0) is 11.6 Å². The van der Waals surface area contributed by atoms with Crippen molar-refractivity contribution in [2.24, 2.45) is 5.10 Å².